The van der Waals surface area contributed by atoms with Gasteiger partial charge in [-0.1, -0.05) is 42.5 Å². The summed E-state index contributed by atoms with van der Waals surface area (Å²) in [5.41, 5.74) is 1.41. The van der Waals surface area contributed by atoms with Gasteiger partial charge >= 0.3 is 11.9 Å². The molecular formula is C24H28O5. The van der Waals surface area contributed by atoms with Crippen molar-refractivity contribution in [1.82, 2.24) is 0 Å². The second-order valence-electron chi connectivity index (χ2n) is 7.50. The Morgan fingerprint density at radius 3 is 2.38 bits per heavy atom. The van der Waals surface area contributed by atoms with E-state index in [0.29, 0.717) is 12.4 Å². The average molecular weight is 396 g/mol. The molecule has 5 heteroatoms. The third kappa shape index (κ3) is 8.21. The fourth-order valence-corrected chi connectivity index (χ4v) is 2.58. The molecule has 0 atom stereocenters. The van der Waals surface area contributed by atoms with Gasteiger partial charge in [-0.05, 0) is 57.0 Å². The maximum absolute atomic E-state index is 12.3. The highest BCUT2D eigenvalue weighted by Gasteiger charge is 2.21. The Morgan fingerprint density at radius 1 is 1.00 bits per heavy atom. The van der Waals surface area contributed by atoms with E-state index < -0.39 is 17.5 Å². The molecular weight excluding hydrogens is 368 g/mol. The zero-order valence-corrected chi connectivity index (χ0v) is 17.4. The summed E-state index contributed by atoms with van der Waals surface area (Å²) in [6, 6.07) is 17.2. The summed E-state index contributed by atoms with van der Waals surface area (Å²) in [6.45, 7) is 7.74. The molecule has 154 valence electrons. The van der Waals surface area contributed by atoms with E-state index in [0.717, 1.165) is 11.1 Å². The topological polar surface area (TPSA) is 61.8 Å². The highest BCUT2D eigenvalue weighted by molar-refractivity contribution is 5.98. The Balaban J connectivity index is 2.16. The first-order valence-electron chi connectivity index (χ1n) is 9.63. The molecule has 0 radical (unpaired) electrons. The molecule has 29 heavy (non-hydrogen) atoms. The standard InChI is InChI=1S/C24H28O5/c1-5-27-23(26)20(16-22(25)29-24(2,3)4)14-19-12-9-13-21(15-19)28-17-18-10-7-6-8-11-18/h6-15H,5,16-17H2,1-4H3/b20-14+. The molecule has 0 bridgehead atoms. The van der Waals surface area contributed by atoms with E-state index in [1.807, 2.05) is 54.6 Å². The lowest BCUT2D eigenvalue weighted by atomic mass is 10.1. The minimum atomic E-state index is -0.623. The highest BCUT2D eigenvalue weighted by Crippen LogP contribution is 2.20. The first kappa shape index (κ1) is 22.2. The van der Waals surface area contributed by atoms with Crippen LogP contribution in [0, 0.1) is 0 Å². The van der Waals surface area contributed by atoms with Crippen LogP contribution in [0.25, 0.3) is 6.08 Å². The van der Waals surface area contributed by atoms with Crippen LogP contribution in [0.15, 0.2) is 60.2 Å². The first-order chi connectivity index (χ1) is 13.8. The van der Waals surface area contributed by atoms with Crippen molar-refractivity contribution in [2.75, 3.05) is 6.61 Å². The van der Waals surface area contributed by atoms with Crippen molar-refractivity contribution in [3.8, 4) is 5.75 Å². The maximum atomic E-state index is 12.3. The van der Waals surface area contributed by atoms with Gasteiger partial charge < -0.3 is 14.2 Å². The van der Waals surface area contributed by atoms with Crippen LogP contribution in [0.4, 0.5) is 0 Å². The zero-order chi connectivity index (χ0) is 21.3. The molecule has 0 aromatic heterocycles. The van der Waals surface area contributed by atoms with Crippen molar-refractivity contribution in [3.63, 3.8) is 0 Å². The molecule has 0 fully saturated rings. The lowest BCUT2D eigenvalue weighted by Gasteiger charge is -2.19. The quantitative estimate of drug-likeness (QED) is 0.467. The van der Waals surface area contributed by atoms with E-state index in [2.05, 4.69) is 0 Å². The number of ether oxygens (including phenoxy) is 3. The molecule has 2 aromatic carbocycles. The minimum absolute atomic E-state index is 0.162. The Kier molecular flexibility index (Phi) is 8.01. The van der Waals surface area contributed by atoms with Gasteiger partial charge in [-0.3, -0.25) is 4.79 Å². The molecule has 0 aliphatic carbocycles. The SMILES string of the molecule is CCOC(=O)/C(=C/c1cccc(OCc2ccccc2)c1)CC(=O)OC(C)(C)C. The molecule has 2 aromatic rings. The van der Waals surface area contributed by atoms with Crippen molar-refractivity contribution in [2.24, 2.45) is 0 Å². The molecule has 0 saturated heterocycles. The van der Waals surface area contributed by atoms with Crippen LogP contribution in [0.2, 0.25) is 0 Å². The molecule has 2 rings (SSSR count). The maximum Gasteiger partial charge on any atom is 0.334 e. The van der Waals surface area contributed by atoms with Crippen LogP contribution in [0.3, 0.4) is 0 Å². The molecule has 0 aliphatic heterocycles. The Bertz CT molecular complexity index is 847. The average Bonchev–Trinajstić information content (AvgIpc) is 2.66. The van der Waals surface area contributed by atoms with Gasteiger partial charge in [-0.25, -0.2) is 4.79 Å². The van der Waals surface area contributed by atoms with E-state index in [4.69, 9.17) is 14.2 Å². The van der Waals surface area contributed by atoms with Crippen molar-refractivity contribution in [1.29, 1.82) is 0 Å². The number of carbonyl (C=O) groups excluding carboxylic acids is 2. The monoisotopic (exact) mass is 396 g/mol. The normalized spacial score (nSPS) is 11.7. The van der Waals surface area contributed by atoms with Gasteiger partial charge in [-0.2, -0.15) is 0 Å². The number of esters is 2. The van der Waals surface area contributed by atoms with Gasteiger partial charge in [-0.15, -0.1) is 0 Å². The minimum Gasteiger partial charge on any atom is -0.489 e. The number of benzene rings is 2. The van der Waals surface area contributed by atoms with Crippen LogP contribution >= 0.6 is 0 Å². The Morgan fingerprint density at radius 2 is 1.72 bits per heavy atom. The second kappa shape index (κ2) is 10.5. The van der Waals surface area contributed by atoms with E-state index in [9.17, 15) is 9.59 Å². The number of rotatable bonds is 8. The molecule has 0 heterocycles. The van der Waals surface area contributed by atoms with E-state index in [1.165, 1.54) is 0 Å². The van der Waals surface area contributed by atoms with Crippen molar-refractivity contribution in [3.05, 3.63) is 71.3 Å². The summed E-state index contributed by atoms with van der Waals surface area (Å²) >= 11 is 0. The van der Waals surface area contributed by atoms with Crippen molar-refractivity contribution >= 4 is 18.0 Å². The Hall–Kier alpha value is -3.08. The molecule has 0 N–H and O–H groups in total. The van der Waals surface area contributed by atoms with Crippen LogP contribution < -0.4 is 4.74 Å². The van der Waals surface area contributed by atoms with Crippen LogP contribution in [-0.4, -0.2) is 24.1 Å². The third-order valence-corrected chi connectivity index (χ3v) is 3.74. The van der Waals surface area contributed by atoms with Crippen molar-refractivity contribution in [2.45, 2.75) is 46.3 Å². The van der Waals surface area contributed by atoms with E-state index in [1.54, 1.807) is 33.8 Å². The van der Waals surface area contributed by atoms with Crippen LogP contribution in [0.5, 0.6) is 5.75 Å². The largest absolute Gasteiger partial charge is 0.489 e. The number of hydrogen-bond donors (Lipinski definition) is 0. The highest BCUT2D eigenvalue weighted by atomic mass is 16.6. The fraction of sp³-hybridized carbons (Fsp3) is 0.333. The molecule has 0 aliphatic rings. The summed E-state index contributed by atoms with van der Waals surface area (Å²) in [5.74, 6) is -0.342. The molecule has 0 spiro atoms. The van der Waals surface area contributed by atoms with E-state index >= 15 is 0 Å². The fourth-order valence-electron chi connectivity index (χ4n) is 2.58. The van der Waals surface area contributed by atoms with Gasteiger partial charge in [0.1, 0.15) is 18.0 Å². The van der Waals surface area contributed by atoms with Crippen LogP contribution in [-0.2, 0) is 25.7 Å². The molecule has 0 unspecified atom stereocenters. The first-order valence-corrected chi connectivity index (χ1v) is 9.63. The predicted octanol–water partition coefficient (Wildman–Crippen LogP) is 4.94. The molecule has 5 nitrogen and oxygen atoms in total. The van der Waals surface area contributed by atoms with Gasteiger partial charge in [0.2, 0.25) is 0 Å². The summed E-state index contributed by atoms with van der Waals surface area (Å²) in [4.78, 5) is 24.5. The van der Waals surface area contributed by atoms with Gasteiger partial charge in [0.05, 0.1) is 13.0 Å². The summed E-state index contributed by atoms with van der Waals surface area (Å²) in [7, 11) is 0. The zero-order valence-electron chi connectivity index (χ0n) is 17.4. The van der Waals surface area contributed by atoms with Gasteiger partial charge in [0, 0.05) is 5.57 Å². The van der Waals surface area contributed by atoms with Crippen molar-refractivity contribution < 1.29 is 23.8 Å². The third-order valence-electron chi connectivity index (χ3n) is 3.74. The summed E-state index contributed by atoms with van der Waals surface area (Å²) in [6.07, 6.45) is 1.47. The number of hydrogen-bond acceptors (Lipinski definition) is 5. The second-order valence-corrected chi connectivity index (χ2v) is 7.50. The summed E-state index contributed by atoms with van der Waals surface area (Å²) in [5, 5.41) is 0. The smallest absolute Gasteiger partial charge is 0.334 e. The lowest BCUT2D eigenvalue weighted by Crippen LogP contribution is -2.25. The molecule has 0 amide bonds. The van der Waals surface area contributed by atoms with Gasteiger partial charge in [0.15, 0.2) is 0 Å². The van der Waals surface area contributed by atoms with Gasteiger partial charge in [0.25, 0.3) is 0 Å². The van der Waals surface area contributed by atoms with E-state index in [-0.39, 0.29) is 18.6 Å². The summed E-state index contributed by atoms with van der Waals surface area (Å²) < 4.78 is 16.3. The number of carbonyl (C=O) groups is 2. The van der Waals surface area contributed by atoms with Crippen LogP contribution in [0.1, 0.15) is 45.2 Å². The molecule has 0 saturated carbocycles. The Labute approximate surface area is 172 Å². The predicted molar refractivity (Wildman–Crippen MR) is 112 cm³/mol. The lowest BCUT2D eigenvalue weighted by molar-refractivity contribution is -0.155.